The van der Waals surface area contributed by atoms with E-state index < -0.39 is 5.60 Å². The highest BCUT2D eigenvalue weighted by molar-refractivity contribution is 5.53. The lowest BCUT2D eigenvalue weighted by Gasteiger charge is -2.43. The van der Waals surface area contributed by atoms with Gasteiger partial charge in [-0.15, -0.1) is 0 Å². The van der Waals surface area contributed by atoms with E-state index in [1.165, 1.54) is 12.1 Å². The number of nitrogens with one attached hydrogen (secondary N) is 1. The summed E-state index contributed by atoms with van der Waals surface area (Å²) in [6, 6.07) is 12.5. The van der Waals surface area contributed by atoms with E-state index in [2.05, 4.69) is 5.32 Å². The summed E-state index contributed by atoms with van der Waals surface area (Å²) in [5.74, 6) is 0.585. The van der Waals surface area contributed by atoms with Crippen molar-refractivity contribution in [3.05, 3.63) is 59.4 Å². The van der Waals surface area contributed by atoms with Crippen LogP contribution in [-0.2, 0) is 16.0 Å². The molecule has 0 radical (unpaired) electrons. The van der Waals surface area contributed by atoms with Crippen molar-refractivity contribution in [2.75, 3.05) is 19.0 Å². The quantitative estimate of drug-likeness (QED) is 0.811. The van der Waals surface area contributed by atoms with E-state index in [1.54, 1.807) is 19.2 Å². The van der Waals surface area contributed by atoms with Gasteiger partial charge in [0, 0.05) is 31.5 Å². The van der Waals surface area contributed by atoms with Gasteiger partial charge in [0.1, 0.15) is 29.4 Å². The Morgan fingerprint density at radius 1 is 1.15 bits per heavy atom. The van der Waals surface area contributed by atoms with Crippen LogP contribution in [0.25, 0.3) is 0 Å². The monoisotopic (exact) mass is 359 g/mol. The number of ether oxygens (including phenoxy) is 3. The second-order valence-electron chi connectivity index (χ2n) is 6.97. The first-order valence-electron chi connectivity index (χ1n) is 8.90. The lowest BCUT2D eigenvalue weighted by Crippen LogP contribution is -2.50. The van der Waals surface area contributed by atoms with Crippen molar-refractivity contribution in [3.8, 4) is 5.75 Å². The third-order valence-electron chi connectivity index (χ3n) is 4.66. The Balaban J connectivity index is 1.83. The normalized spacial score (nSPS) is 21.0. The fourth-order valence-electron chi connectivity index (χ4n) is 3.41. The lowest BCUT2D eigenvalue weighted by atomic mass is 9.88. The molecule has 2 aromatic carbocycles. The molecule has 3 rings (SSSR count). The number of hydrogen-bond acceptors (Lipinski definition) is 4. The summed E-state index contributed by atoms with van der Waals surface area (Å²) in [4.78, 5) is 0. The van der Waals surface area contributed by atoms with Crippen LogP contribution in [0.5, 0.6) is 5.75 Å². The first kappa shape index (κ1) is 18.7. The number of hydrogen-bond donors (Lipinski definition) is 1. The maximum Gasteiger partial charge on any atom is 0.132 e. The maximum atomic E-state index is 13.0. The minimum absolute atomic E-state index is 0.198. The predicted molar refractivity (Wildman–Crippen MR) is 100 cm³/mol. The molecule has 0 saturated carbocycles. The number of halogens is 1. The number of fused-ring (bicyclic) bond motifs is 1. The lowest BCUT2D eigenvalue weighted by molar-refractivity contribution is -0.148. The molecule has 2 unspecified atom stereocenters. The van der Waals surface area contributed by atoms with Crippen molar-refractivity contribution in [1.82, 2.24) is 0 Å². The van der Waals surface area contributed by atoms with Crippen LogP contribution in [0.4, 0.5) is 10.1 Å². The molecule has 2 atom stereocenters. The largest absolute Gasteiger partial charge is 0.485 e. The summed E-state index contributed by atoms with van der Waals surface area (Å²) >= 11 is 0. The van der Waals surface area contributed by atoms with Crippen LogP contribution in [0.15, 0.2) is 42.5 Å². The molecule has 5 heteroatoms. The average Bonchev–Trinajstić information content (AvgIpc) is 2.61. The Labute approximate surface area is 154 Å². The maximum absolute atomic E-state index is 13.0. The molecule has 4 nitrogen and oxygen atoms in total. The second-order valence-corrected chi connectivity index (χ2v) is 6.97. The summed E-state index contributed by atoms with van der Waals surface area (Å²) in [7, 11) is 1.68. The van der Waals surface area contributed by atoms with Gasteiger partial charge in [-0.3, -0.25) is 0 Å². The number of anilines is 1. The first-order valence-corrected chi connectivity index (χ1v) is 8.90. The Kier molecular flexibility index (Phi) is 5.49. The summed E-state index contributed by atoms with van der Waals surface area (Å²) in [5.41, 5.74) is 2.46. The highest BCUT2D eigenvalue weighted by Crippen LogP contribution is 2.44. The van der Waals surface area contributed by atoms with Crippen molar-refractivity contribution in [2.45, 2.75) is 45.1 Å². The van der Waals surface area contributed by atoms with E-state index in [0.717, 1.165) is 22.6 Å². The zero-order valence-electron chi connectivity index (χ0n) is 15.7. The summed E-state index contributed by atoms with van der Waals surface area (Å²) in [6.07, 6.45) is -0.404. The predicted octanol–water partition coefficient (Wildman–Crippen LogP) is 4.70. The third-order valence-corrected chi connectivity index (χ3v) is 4.66. The van der Waals surface area contributed by atoms with E-state index in [-0.39, 0.29) is 18.0 Å². The van der Waals surface area contributed by atoms with Crippen LogP contribution in [0, 0.1) is 5.82 Å². The molecule has 0 fully saturated rings. The van der Waals surface area contributed by atoms with Gasteiger partial charge in [0.2, 0.25) is 0 Å². The van der Waals surface area contributed by atoms with Crippen LogP contribution < -0.4 is 10.1 Å². The van der Waals surface area contributed by atoms with Gasteiger partial charge in [-0.1, -0.05) is 12.1 Å². The van der Waals surface area contributed by atoms with Crippen molar-refractivity contribution in [3.63, 3.8) is 0 Å². The van der Waals surface area contributed by atoms with Crippen molar-refractivity contribution < 1.29 is 18.6 Å². The van der Waals surface area contributed by atoms with Gasteiger partial charge in [0.05, 0.1) is 0 Å². The van der Waals surface area contributed by atoms with Gasteiger partial charge >= 0.3 is 0 Å². The van der Waals surface area contributed by atoms with Crippen LogP contribution in [0.1, 0.15) is 38.0 Å². The summed E-state index contributed by atoms with van der Waals surface area (Å²) < 4.78 is 30.9. The van der Waals surface area contributed by atoms with E-state index in [1.807, 2.05) is 39.0 Å². The van der Waals surface area contributed by atoms with E-state index in [9.17, 15) is 4.39 Å². The zero-order chi connectivity index (χ0) is 18.7. The topological polar surface area (TPSA) is 39.7 Å². The number of rotatable bonds is 6. The molecular formula is C21H26FNO3. The minimum atomic E-state index is -0.482. The fraction of sp³-hybridized carbons (Fsp3) is 0.429. The van der Waals surface area contributed by atoms with Gasteiger partial charge in [0.25, 0.3) is 0 Å². The van der Waals surface area contributed by atoms with Crippen LogP contribution in [-0.4, -0.2) is 25.4 Å². The highest BCUT2D eigenvalue weighted by Gasteiger charge is 2.44. The van der Waals surface area contributed by atoms with Crippen molar-refractivity contribution in [1.29, 1.82) is 0 Å². The van der Waals surface area contributed by atoms with E-state index >= 15 is 0 Å². The molecule has 1 aliphatic heterocycles. The van der Waals surface area contributed by atoms with E-state index in [0.29, 0.717) is 13.2 Å². The van der Waals surface area contributed by atoms with Gasteiger partial charge < -0.3 is 19.5 Å². The molecule has 26 heavy (non-hydrogen) atoms. The molecule has 140 valence electrons. The molecule has 2 aromatic rings. The van der Waals surface area contributed by atoms with Crippen LogP contribution >= 0.6 is 0 Å². The second kappa shape index (κ2) is 7.64. The smallest absolute Gasteiger partial charge is 0.132 e. The van der Waals surface area contributed by atoms with Crippen molar-refractivity contribution >= 4 is 5.69 Å². The van der Waals surface area contributed by atoms with Crippen LogP contribution in [0.2, 0.25) is 0 Å². The van der Waals surface area contributed by atoms with Gasteiger partial charge in [0.15, 0.2) is 0 Å². The fourth-order valence-corrected chi connectivity index (χ4v) is 3.41. The van der Waals surface area contributed by atoms with Crippen LogP contribution in [0.3, 0.4) is 0 Å². The molecule has 1 heterocycles. The summed E-state index contributed by atoms with van der Waals surface area (Å²) in [5, 5.41) is 3.37. The minimum Gasteiger partial charge on any atom is -0.485 e. The highest BCUT2D eigenvalue weighted by atomic mass is 19.1. The van der Waals surface area contributed by atoms with Gasteiger partial charge in [-0.2, -0.15) is 0 Å². The number of benzene rings is 2. The third kappa shape index (κ3) is 3.84. The first-order chi connectivity index (χ1) is 12.4. The Bertz CT molecular complexity index is 745. The Morgan fingerprint density at radius 2 is 1.88 bits per heavy atom. The molecule has 0 saturated heterocycles. The SMILES string of the molecule is CCOC1c2cc(NCc3ccc(F)cc3)ccc2OC(C)(C)C1OC. The van der Waals surface area contributed by atoms with Crippen molar-refractivity contribution in [2.24, 2.45) is 0 Å². The molecule has 1 N–H and O–H groups in total. The molecular weight excluding hydrogens is 333 g/mol. The Morgan fingerprint density at radius 3 is 2.54 bits per heavy atom. The molecule has 0 aliphatic carbocycles. The molecule has 0 spiro atoms. The standard InChI is InChI=1S/C21H26FNO3/c1-5-25-19-17-12-16(23-13-14-6-8-15(22)9-7-14)10-11-18(17)26-21(2,3)20(19)24-4/h6-12,19-20,23H,5,13H2,1-4H3. The molecule has 0 aromatic heterocycles. The summed E-state index contributed by atoms with van der Waals surface area (Å²) in [6.45, 7) is 7.20. The molecule has 0 amide bonds. The average molecular weight is 359 g/mol. The number of methoxy groups -OCH3 is 1. The Hall–Kier alpha value is -2.11. The molecule has 1 aliphatic rings. The van der Waals surface area contributed by atoms with Gasteiger partial charge in [-0.05, 0) is 56.7 Å². The van der Waals surface area contributed by atoms with E-state index in [4.69, 9.17) is 14.2 Å². The zero-order valence-corrected chi connectivity index (χ0v) is 15.7. The molecule has 0 bridgehead atoms. The van der Waals surface area contributed by atoms with Gasteiger partial charge in [-0.25, -0.2) is 4.39 Å².